The molecule has 0 fully saturated rings. The van der Waals surface area contributed by atoms with E-state index in [2.05, 4.69) is 4.98 Å². The molecule has 0 aliphatic heterocycles. The van der Waals surface area contributed by atoms with E-state index in [1.807, 2.05) is 60.7 Å². The zero-order chi connectivity index (χ0) is 13.1. The second-order valence-corrected chi connectivity index (χ2v) is 4.47. The first kappa shape index (κ1) is 11.6. The van der Waals surface area contributed by atoms with E-state index in [9.17, 15) is 4.79 Å². The van der Waals surface area contributed by atoms with E-state index in [1.165, 1.54) is 0 Å². The molecule has 0 saturated heterocycles. The first-order valence-electron chi connectivity index (χ1n) is 6.26. The van der Waals surface area contributed by atoms with Gasteiger partial charge in [0.05, 0.1) is 5.52 Å². The molecule has 0 aliphatic carbocycles. The van der Waals surface area contributed by atoms with Crippen molar-refractivity contribution in [1.29, 1.82) is 0 Å². The third-order valence-electron chi connectivity index (χ3n) is 3.09. The number of fused-ring (bicyclic) bond motifs is 1. The number of ketones is 1. The van der Waals surface area contributed by atoms with Gasteiger partial charge in [0.1, 0.15) is 5.69 Å². The van der Waals surface area contributed by atoms with E-state index in [0.29, 0.717) is 12.1 Å². The predicted octanol–water partition coefficient (Wildman–Crippen LogP) is 3.66. The fraction of sp³-hybridized carbons (Fsp3) is 0.0588. The molecule has 0 N–H and O–H groups in total. The van der Waals surface area contributed by atoms with Crippen LogP contribution in [0.3, 0.4) is 0 Å². The number of pyridine rings is 1. The van der Waals surface area contributed by atoms with Crippen molar-refractivity contribution >= 4 is 16.7 Å². The first-order valence-corrected chi connectivity index (χ1v) is 6.26. The van der Waals surface area contributed by atoms with E-state index in [1.54, 1.807) is 6.07 Å². The lowest BCUT2D eigenvalue weighted by Gasteiger charge is -2.02. The fourth-order valence-corrected chi connectivity index (χ4v) is 2.09. The summed E-state index contributed by atoms with van der Waals surface area (Å²) in [6, 6.07) is 21.3. The van der Waals surface area contributed by atoms with Crippen molar-refractivity contribution in [2.75, 3.05) is 0 Å². The minimum Gasteiger partial charge on any atom is -0.292 e. The third kappa shape index (κ3) is 2.52. The highest BCUT2D eigenvalue weighted by Gasteiger charge is 2.08. The third-order valence-corrected chi connectivity index (χ3v) is 3.09. The van der Waals surface area contributed by atoms with E-state index in [4.69, 9.17) is 0 Å². The molecule has 1 aromatic heterocycles. The molecular weight excluding hydrogens is 234 g/mol. The Bertz CT molecular complexity index is 719. The quantitative estimate of drug-likeness (QED) is 0.661. The van der Waals surface area contributed by atoms with Crippen molar-refractivity contribution in [3.8, 4) is 0 Å². The maximum Gasteiger partial charge on any atom is 0.185 e. The summed E-state index contributed by atoms with van der Waals surface area (Å²) in [7, 11) is 0. The Balaban J connectivity index is 1.89. The Kier molecular flexibility index (Phi) is 3.07. The van der Waals surface area contributed by atoms with Crippen LogP contribution < -0.4 is 0 Å². The molecule has 2 nitrogen and oxygen atoms in total. The van der Waals surface area contributed by atoms with Gasteiger partial charge in [0.15, 0.2) is 5.78 Å². The molecule has 2 heteroatoms. The monoisotopic (exact) mass is 247 g/mol. The van der Waals surface area contributed by atoms with Gasteiger partial charge in [-0.3, -0.25) is 4.79 Å². The molecule has 1 heterocycles. The van der Waals surface area contributed by atoms with Gasteiger partial charge >= 0.3 is 0 Å². The molecule has 0 aliphatic rings. The average Bonchev–Trinajstić information content (AvgIpc) is 2.48. The number of hydrogen-bond acceptors (Lipinski definition) is 2. The number of carbonyl (C=O) groups excluding carboxylic acids is 1. The smallest absolute Gasteiger partial charge is 0.185 e. The van der Waals surface area contributed by atoms with Crippen LogP contribution in [0, 0.1) is 0 Å². The van der Waals surface area contributed by atoms with Crippen LogP contribution in [0.4, 0.5) is 0 Å². The molecule has 0 unspecified atom stereocenters. The number of benzene rings is 2. The minimum absolute atomic E-state index is 0.0527. The van der Waals surface area contributed by atoms with Gasteiger partial charge in [-0.15, -0.1) is 0 Å². The second kappa shape index (κ2) is 5.02. The van der Waals surface area contributed by atoms with E-state index in [-0.39, 0.29) is 5.78 Å². The van der Waals surface area contributed by atoms with Gasteiger partial charge < -0.3 is 0 Å². The maximum atomic E-state index is 12.2. The lowest BCUT2D eigenvalue weighted by Crippen LogP contribution is -2.05. The van der Waals surface area contributed by atoms with Crippen molar-refractivity contribution in [1.82, 2.24) is 4.98 Å². The summed E-state index contributed by atoms with van der Waals surface area (Å²) < 4.78 is 0. The predicted molar refractivity (Wildman–Crippen MR) is 76.2 cm³/mol. The van der Waals surface area contributed by atoms with E-state index in [0.717, 1.165) is 16.5 Å². The largest absolute Gasteiger partial charge is 0.292 e. The van der Waals surface area contributed by atoms with Crippen molar-refractivity contribution < 1.29 is 4.79 Å². The summed E-state index contributed by atoms with van der Waals surface area (Å²) in [4.78, 5) is 16.6. The molecule has 2 aromatic carbocycles. The van der Waals surface area contributed by atoms with E-state index < -0.39 is 0 Å². The van der Waals surface area contributed by atoms with Crippen LogP contribution in [0.5, 0.6) is 0 Å². The average molecular weight is 247 g/mol. The van der Waals surface area contributed by atoms with Gasteiger partial charge in [-0.2, -0.15) is 0 Å². The molecule has 0 amide bonds. The fourth-order valence-electron chi connectivity index (χ4n) is 2.09. The van der Waals surface area contributed by atoms with Gasteiger partial charge in [0.2, 0.25) is 0 Å². The zero-order valence-corrected chi connectivity index (χ0v) is 10.4. The van der Waals surface area contributed by atoms with Crippen LogP contribution in [0.25, 0.3) is 10.9 Å². The van der Waals surface area contributed by atoms with Crippen molar-refractivity contribution in [2.24, 2.45) is 0 Å². The SMILES string of the molecule is O=C(Cc1ccccc1)c1ccc2ccccc2n1. The van der Waals surface area contributed by atoms with Gasteiger partial charge in [0.25, 0.3) is 0 Å². The molecule has 0 atom stereocenters. The summed E-state index contributed by atoms with van der Waals surface area (Å²) >= 11 is 0. The Hall–Kier alpha value is -2.48. The van der Waals surface area contributed by atoms with Crippen molar-refractivity contribution in [3.05, 3.63) is 78.0 Å². The highest BCUT2D eigenvalue weighted by atomic mass is 16.1. The summed E-state index contributed by atoms with van der Waals surface area (Å²) in [5.41, 5.74) is 2.41. The van der Waals surface area contributed by atoms with Crippen LogP contribution in [0.2, 0.25) is 0 Å². The number of carbonyl (C=O) groups is 1. The molecule has 0 saturated carbocycles. The first-order chi connectivity index (χ1) is 9.33. The Morgan fingerprint density at radius 3 is 2.42 bits per heavy atom. The van der Waals surface area contributed by atoms with Crippen LogP contribution in [0.15, 0.2) is 66.7 Å². The molecule has 92 valence electrons. The highest BCUT2D eigenvalue weighted by Crippen LogP contribution is 2.13. The zero-order valence-electron chi connectivity index (χ0n) is 10.4. The van der Waals surface area contributed by atoms with Gasteiger partial charge in [-0.05, 0) is 17.7 Å². The Morgan fingerprint density at radius 1 is 0.842 bits per heavy atom. The topological polar surface area (TPSA) is 30.0 Å². The summed E-state index contributed by atoms with van der Waals surface area (Å²) in [6.45, 7) is 0. The van der Waals surface area contributed by atoms with Crippen molar-refractivity contribution in [3.63, 3.8) is 0 Å². The number of rotatable bonds is 3. The number of nitrogens with zero attached hydrogens (tertiary/aromatic N) is 1. The van der Waals surface area contributed by atoms with Crippen LogP contribution in [-0.4, -0.2) is 10.8 Å². The van der Waals surface area contributed by atoms with Gasteiger partial charge in [0, 0.05) is 11.8 Å². The number of Topliss-reactive ketones (excluding diaryl/α,β-unsaturated/α-hetero) is 1. The van der Waals surface area contributed by atoms with Gasteiger partial charge in [-0.1, -0.05) is 54.6 Å². The lowest BCUT2D eigenvalue weighted by atomic mass is 10.1. The van der Waals surface area contributed by atoms with E-state index >= 15 is 0 Å². The normalized spacial score (nSPS) is 10.5. The van der Waals surface area contributed by atoms with Crippen LogP contribution in [0.1, 0.15) is 16.1 Å². The number of hydrogen-bond donors (Lipinski definition) is 0. The summed E-state index contributed by atoms with van der Waals surface area (Å²) in [5, 5.41) is 1.05. The van der Waals surface area contributed by atoms with Gasteiger partial charge in [-0.25, -0.2) is 4.98 Å². The Morgan fingerprint density at radius 2 is 1.58 bits per heavy atom. The second-order valence-electron chi connectivity index (χ2n) is 4.47. The summed E-state index contributed by atoms with van der Waals surface area (Å²) in [6.07, 6.45) is 0.395. The maximum absolute atomic E-state index is 12.2. The molecule has 0 radical (unpaired) electrons. The standard InChI is InChI=1S/C17H13NO/c19-17(12-13-6-2-1-3-7-13)16-11-10-14-8-4-5-9-15(14)18-16/h1-11H,12H2. The molecule has 0 bridgehead atoms. The van der Waals surface area contributed by atoms with Crippen LogP contribution in [-0.2, 0) is 6.42 Å². The molecule has 3 aromatic rings. The molecule has 19 heavy (non-hydrogen) atoms. The Labute approximate surface area is 111 Å². The molecular formula is C17H13NO. The van der Waals surface area contributed by atoms with Crippen molar-refractivity contribution in [2.45, 2.75) is 6.42 Å². The lowest BCUT2D eigenvalue weighted by molar-refractivity contribution is 0.0988. The minimum atomic E-state index is 0.0527. The molecule has 3 rings (SSSR count). The summed E-state index contributed by atoms with van der Waals surface area (Å²) in [5.74, 6) is 0.0527. The number of aromatic nitrogens is 1. The highest BCUT2D eigenvalue weighted by molar-refractivity contribution is 5.97. The molecule has 0 spiro atoms. The van der Waals surface area contributed by atoms with Crippen LogP contribution >= 0.6 is 0 Å². The number of para-hydroxylation sites is 1.